The molecule has 0 radical (unpaired) electrons. The van der Waals surface area contributed by atoms with Crippen LogP contribution in [0, 0.1) is 0 Å². The zero-order valence-corrected chi connectivity index (χ0v) is 35.7. The number of hydrogen-bond acceptors (Lipinski definition) is 9. The Labute approximate surface area is 356 Å². The summed E-state index contributed by atoms with van der Waals surface area (Å²) in [5.41, 5.74) is 1.33. The van der Waals surface area contributed by atoms with E-state index in [1.807, 2.05) is 29.2 Å². The molecule has 4 heterocycles. The number of likely N-dealkylation sites (tertiary alicyclic amines) is 1. The fraction of sp³-hybridized carbons (Fsp3) is 0.591. The molecule has 4 aliphatic heterocycles. The minimum Gasteiger partial charge on any atom is -0.480 e. The van der Waals surface area contributed by atoms with E-state index >= 15 is 0 Å². The molecular weight excluding hydrogens is 789 g/mol. The van der Waals surface area contributed by atoms with Crippen molar-refractivity contribution in [1.29, 1.82) is 0 Å². The number of carboxylic acid groups (broad SMARTS) is 1. The highest BCUT2D eigenvalue weighted by atomic mass is 32.2. The van der Waals surface area contributed by atoms with Crippen LogP contribution in [0.2, 0.25) is 0 Å². The number of carbonyl (C=O) groups excluding carboxylic acids is 5. The second kappa shape index (κ2) is 22.5. The summed E-state index contributed by atoms with van der Waals surface area (Å²) < 4.78 is 0. The summed E-state index contributed by atoms with van der Waals surface area (Å²) in [6, 6.07) is 15.0. The average Bonchev–Trinajstić information content (AvgIpc) is 3.27. The topological polar surface area (TPSA) is 168 Å². The lowest BCUT2D eigenvalue weighted by atomic mass is 9.95. The molecule has 5 amide bonds. The molecule has 2 saturated carbocycles. The van der Waals surface area contributed by atoms with Gasteiger partial charge in [0.25, 0.3) is 11.8 Å². The van der Waals surface area contributed by atoms with Gasteiger partial charge in [-0.05, 0) is 95.1 Å². The molecule has 15 heteroatoms. The lowest BCUT2D eigenvalue weighted by Crippen LogP contribution is -2.53. The van der Waals surface area contributed by atoms with Gasteiger partial charge in [-0.2, -0.15) is 0 Å². The summed E-state index contributed by atoms with van der Waals surface area (Å²) in [6.45, 7) is 3.76. The molecule has 59 heavy (non-hydrogen) atoms. The van der Waals surface area contributed by atoms with Gasteiger partial charge < -0.3 is 35.8 Å². The number of aliphatic carboxylic acids is 1. The van der Waals surface area contributed by atoms with E-state index in [1.54, 1.807) is 24.3 Å². The van der Waals surface area contributed by atoms with Crippen LogP contribution in [0.5, 0.6) is 0 Å². The molecule has 2 atom stereocenters. The summed E-state index contributed by atoms with van der Waals surface area (Å²) in [4.78, 5) is 81.5. The summed E-state index contributed by atoms with van der Waals surface area (Å²) in [6.07, 6.45) is 18.2. The average molecular weight is 849 g/mol. The Morgan fingerprint density at radius 2 is 1.02 bits per heavy atom. The van der Waals surface area contributed by atoms with E-state index in [0.717, 1.165) is 93.0 Å². The molecular formula is C44H60N6O7S2. The van der Waals surface area contributed by atoms with Gasteiger partial charge in [0.2, 0.25) is 17.7 Å². The molecule has 2 aromatic carbocycles. The van der Waals surface area contributed by atoms with Crippen molar-refractivity contribution in [1.82, 2.24) is 20.9 Å². The molecule has 4 N–H and O–H groups in total. The summed E-state index contributed by atoms with van der Waals surface area (Å²) in [5, 5.41) is 16.6. The lowest BCUT2D eigenvalue weighted by molar-refractivity contribution is -0.140. The number of nitrogens with zero attached hydrogens (tertiary/aromatic N) is 3. The van der Waals surface area contributed by atoms with E-state index in [0.29, 0.717) is 23.7 Å². The number of benzene rings is 2. The van der Waals surface area contributed by atoms with Crippen molar-refractivity contribution in [3.8, 4) is 0 Å². The van der Waals surface area contributed by atoms with E-state index in [1.165, 1.54) is 66.8 Å². The number of anilines is 2. The number of thioether (sulfide) groups is 2. The Kier molecular flexibility index (Phi) is 17.0. The Morgan fingerprint density at radius 1 is 0.593 bits per heavy atom. The Hall–Kier alpha value is -4.08. The molecule has 0 bridgehead atoms. The van der Waals surface area contributed by atoms with Crippen LogP contribution in [-0.2, 0) is 28.8 Å². The van der Waals surface area contributed by atoms with E-state index in [-0.39, 0.29) is 48.8 Å². The molecule has 13 nitrogen and oxygen atoms in total. The summed E-state index contributed by atoms with van der Waals surface area (Å²) in [5.74, 6) is -2.51. The fourth-order valence-electron chi connectivity index (χ4n) is 8.48. The lowest BCUT2D eigenvalue weighted by Gasteiger charge is -2.36. The molecule has 4 fully saturated rings. The van der Waals surface area contributed by atoms with E-state index in [9.17, 15) is 33.9 Å². The van der Waals surface area contributed by atoms with E-state index < -0.39 is 22.4 Å². The second-order valence-corrected chi connectivity index (χ2v) is 18.4. The Balaban J connectivity index is 0.000000176. The molecule has 0 aromatic heterocycles. The zero-order chi connectivity index (χ0) is 41.6. The SMILES string of the molecule is C1CCNCC1.O=C(CN1C(=O)C(C(=O)N2CCCCC2)Sc2ccccc21)NC1CCCCC1.O=C(CN1C(=O)C(C(=O)O)Sc2ccccc21)NC1CCCCC1. The summed E-state index contributed by atoms with van der Waals surface area (Å²) >= 11 is 2.34. The van der Waals surface area contributed by atoms with E-state index in [2.05, 4.69) is 16.0 Å². The van der Waals surface area contributed by atoms with Gasteiger partial charge in [0.1, 0.15) is 13.1 Å². The molecule has 320 valence electrons. The third-order valence-electron chi connectivity index (χ3n) is 11.6. The van der Waals surface area contributed by atoms with Crippen molar-refractivity contribution in [2.24, 2.45) is 0 Å². The van der Waals surface area contributed by atoms with Gasteiger partial charge in [-0.15, -0.1) is 11.8 Å². The quantitative estimate of drug-likeness (QED) is 0.241. The van der Waals surface area contributed by atoms with Crippen molar-refractivity contribution in [3.63, 3.8) is 0 Å². The monoisotopic (exact) mass is 848 g/mol. The third kappa shape index (κ3) is 12.5. The molecule has 2 aliphatic carbocycles. The van der Waals surface area contributed by atoms with Gasteiger partial charge in [-0.3, -0.25) is 28.8 Å². The number of piperidine rings is 2. The van der Waals surface area contributed by atoms with Crippen molar-refractivity contribution in [2.45, 2.75) is 135 Å². The predicted molar refractivity (Wildman–Crippen MR) is 232 cm³/mol. The first-order valence-electron chi connectivity index (χ1n) is 21.6. The van der Waals surface area contributed by atoms with Crippen LogP contribution in [-0.4, -0.2) is 107 Å². The molecule has 2 unspecified atom stereocenters. The van der Waals surface area contributed by atoms with Gasteiger partial charge in [0.15, 0.2) is 10.5 Å². The highest BCUT2D eigenvalue weighted by molar-refractivity contribution is 8.02. The normalized spacial score (nSPS) is 22.3. The van der Waals surface area contributed by atoms with Crippen LogP contribution in [0.15, 0.2) is 58.3 Å². The van der Waals surface area contributed by atoms with Crippen LogP contribution >= 0.6 is 23.5 Å². The zero-order valence-electron chi connectivity index (χ0n) is 34.0. The maximum absolute atomic E-state index is 13.3. The van der Waals surface area contributed by atoms with Gasteiger partial charge in [-0.25, -0.2) is 0 Å². The van der Waals surface area contributed by atoms with Crippen LogP contribution in [0.3, 0.4) is 0 Å². The minimum atomic E-state index is -1.21. The van der Waals surface area contributed by atoms with Gasteiger partial charge in [-0.1, -0.05) is 81.0 Å². The van der Waals surface area contributed by atoms with Gasteiger partial charge in [0.05, 0.1) is 11.4 Å². The van der Waals surface area contributed by atoms with Gasteiger partial charge >= 0.3 is 5.97 Å². The summed E-state index contributed by atoms with van der Waals surface area (Å²) in [7, 11) is 0. The number of carbonyl (C=O) groups is 6. The largest absolute Gasteiger partial charge is 0.480 e. The van der Waals surface area contributed by atoms with Crippen LogP contribution in [0.4, 0.5) is 11.4 Å². The number of para-hydroxylation sites is 2. The first-order chi connectivity index (χ1) is 28.7. The van der Waals surface area contributed by atoms with Crippen molar-refractivity contribution in [2.75, 3.05) is 49.1 Å². The number of nitrogens with one attached hydrogen (secondary N) is 3. The second-order valence-electron chi connectivity index (χ2n) is 16.1. The smallest absolute Gasteiger partial charge is 0.326 e. The van der Waals surface area contributed by atoms with Crippen LogP contribution < -0.4 is 25.8 Å². The van der Waals surface area contributed by atoms with Gasteiger partial charge in [0, 0.05) is 35.0 Å². The molecule has 0 spiro atoms. The maximum Gasteiger partial charge on any atom is 0.326 e. The highest BCUT2D eigenvalue weighted by Gasteiger charge is 2.42. The molecule has 6 aliphatic rings. The minimum absolute atomic E-state index is 0.0311. The van der Waals surface area contributed by atoms with Crippen molar-refractivity contribution < 1.29 is 33.9 Å². The Morgan fingerprint density at radius 3 is 1.46 bits per heavy atom. The number of rotatable bonds is 8. The molecule has 8 rings (SSSR count). The number of carboxylic acids is 1. The standard InChI is InChI=1S/C22H29N3O3S.C17H20N2O4S.C5H11N/c26-19(23-16-9-3-1-4-10-16)15-25-17-11-5-6-12-18(17)29-20(22(25)28)21(27)24-13-7-2-8-14-24;20-14(18-11-6-2-1-3-7-11)10-19-12-8-4-5-9-13(12)24-15(16(19)21)17(22)23;1-2-4-6-5-3-1/h5-6,11-12,16,20H,1-4,7-10,13-15H2,(H,23,26);4-5,8-9,11,15H,1-3,6-7,10H2,(H,18,20)(H,22,23);6H,1-5H2. The molecule has 2 aromatic rings. The first kappa shape index (κ1) is 44.5. The first-order valence-corrected chi connectivity index (χ1v) is 23.4. The predicted octanol–water partition coefficient (Wildman–Crippen LogP) is 5.74. The number of fused-ring (bicyclic) bond motifs is 2. The van der Waals surface area contributed by atoms with Crippen molar-refractivity contribution in [3.05, 3.63) is 48.5 Å². The van der Waals surface area contributed by atoms with E-state index in [4.69, 9.17) is 0 Å². The van der Waals surface area contributed by atoms with Crippen molar-refractivity contribution >= 4 is 70.4 Å². The van der Waals surface area contributed by atoms with Crippen LogP contribution in [0.25, 0.3) is 0 Å². The fourth-order valence-corrected chi connectivity index (χ4v) is 10.7. The maximum atomic E-state index is 13.3. The number of amides is 5. The molecule has 2 saturated heterocycles. The number of hydrogen-bond donors (Lipinski definition) is 4. The van der Waals surface area contributed by atoms with Crippen LogP contribution in [0.1, 0.15) is 103 Å². The Bertz CT molecular complexity index is 1760. The highest BCUT2D eigenvalue weighted by Crippen LogP contribution is 2.41. The third-order valence-corrected chi connectivity index (χ3v) is 14.1.